The maximum absolute atomic E-state index is 10.9. The second-order valence-electron chi connectivity index (χ2n) is 3.56. The van der Waals surface area contributed by atoms with Crippen LogP contribution in [0.2, 0.25) is 0 Å². The van der Waals surface area contributed by atoms with Crippen LogP contribution in [-0.2, 0) is 5.60 Å². The number of aromatic hydroxyl groups is 1. The molecule has 76 valence electrons. The van der Waals surface area contributed by atoms with Crippen molar-refractivity contribution in [3.8, 4) is 5.75 Å². The Morgan fingerprint density at radius 1 is 1.50 bits per heavy atom. The molecule has 0 radical (unpaired) electrons. The van der Waals surface area contributed by atoms with Crippen molar-refractivity contribution in [1.29, 1.82) is 0 Å². The normalized spacial score (nSPS) is 26.6. The average Bonchev–Trinajstić information content (AvgIpc) is 2.58. The van der Waals surface area contributed by atoms with Gasteiger partial charge in [0.2, 0.25) is 0 Å². The molecule has 0 bridgehead atoms. The van der Waals surface area contributed by atoms with Gasteiger partial charge in [-0.15, -0.1) is 0 Å². The molecule has 2 rings (SSSR count). The van der Waals surface area contributed by atoms with Crippen molar-refractivity contribution in [2.45, 2.75) is 12.0 Å². The van der Waals surface area contributed by atoms with Gasteiger partial charge >= 0.3 is 0 Å². The summed E-state index contributed by atoms with van der Waals surface area (Å²) >= 11 is 0. The number of aromatic nitrogens is 1. The number of nitrogens with one attached hydrogen (secondary N) is 2. The third-order valence-corrected chi connectivity index (χ3v) is 2.55. The predicted molar refractivity (Wildman–Crippen MR) is 50.1 cm³/mol. The fourth-order valence-corrected chi connectivity index (χ4v) is 1.67. The lowest BCUT2D eigenvalue weighted by atomic mass is 9.94. The molecule has 2 heterocycles. The summed E-state index contributed by atoms with van der Waals surface area (Å²) in [6, 6.07) is 1.31. The largest absolute Gasteiger partial charge is 0.503 e. The minimum atomic E-state index is -0.971. The smallest absolute Gasteiger partial charge is 0.290 e. The van der Waals surface area contributed by atoms with E-state index in [1.807, 2.05) is 0 Å². The maximum Gasteiger partial charge on any atom is 0.290 e. The highest BCUT2D eigenvalue weighted by Gasteiger charge is 2.33. The lowest BCUT2D eigenvalue weighted by molar-refractivity contribution is 0.0581. The van der Waals surface area contributed by atoms with Crippen molar-refractivity contribution in [2.24, 2.45) is 0 Å². The number of rotatable bonds is 1. The Balaban J connectivity index is 2.41. The van der Waals surface area contributed by atoms with Crippen molar-refractivity contribution in [2.75, 3.05) is 13.1 Å². The summed E-state index contributed by atoms with van der Waals surface area (Å²) in [6.45, 7) is 1.18. The average molecular weight is 196 g/mol. The fraction of sp³-hybridized carbons (Fsp3) is 0.444. The van der Waals surface area contributed by atoms with Gasteiger partial charge in [-0.25, -0.2) is 0 Å². The highest BCUT2D eigenvalue weighted by Crippen LogP contribution is 2.27. The zero-order valence-corrected chi connectivity index (χ0v) is 7.58. The van der Waals surface area contributed by atoms with Gasteiger partial charge in [-0.1, -0.05) is 0 Å². The second-order valence-corrected chi connectivity index (χ2v) is 3.56. The van der Waals surface area contributed by atoms with Gasteiger partial charge in [0.25, 0.3) is 5.56 Å². The first-order chi connectivity index (χ1) is 6.62. The molecular formula is C9H12N2O3. The van der Waals surface area contributed by atoms with Gasteiger partial charge in [0.15, 0.2) is 5.75 Å². The van der Waals surface area contributed by atoms with E-state index in [0.717, 1.165) is 6.54 Å². The van der Waals surface area contributed by atoms with Crippen molar-refractivity contribution >= 4 is 0 Å². The molecule has 0 spiro atoms. The van der Waals surface area contributed by atoms with E-state index in [1.165, 1.54) is 12.3 Å². The lowest BCUT2D eigenvalue weighted by Crippen LogP contribution is -2.29. The highest BCUT2D eigenvalue weighted by atomic mass is 16.3. The third-order valence-electron chi connectivity index (χ3n) is 2.55. The molecule has 1 aliphatic rings. The molecule has 14 heavy (non-hydrogen) atoms. The van der Waals surface area contributed by atoms with Gasteiger partial charge in [0, 0.05) is 18.3 Å². The minimum Gasteiger partial charge on any atom is -0.503 e. The summed E-state index contributed by atoms with van der Waals surface area (Å²) in [7, 11) is 0. The number of H-pyrrole nitrogens is 1. The number of hydrogen-bond acceptors (Lipinski definition) is 4. The van der Waals surface area contributed by atoms with Gasteiger partial charge in [0.05, 0.1) is 0 Å². The van der Waals surface area contributed by atoms with Gasteiger partial charge in [-0.05, 0) is 19.0 Å². The topological polar surface area (TPSA) is 85.4 Å². The van der Waals surface area contributed by atoms with E-state index in [4.69, 9.17) is 0 Å². The Hall–Kier alpha value is -1.33. The molecule has 5 heteroatoms. The van der Waals surface area contributed by atoms with Crippen LogP contribution in [0.15, 0.2) is 17.1 Å². The maximum atomic E-state index is 10.9. The summed E-state index contributed by atoms with van der Waals surface area (Å²) in [4.78, 5) is 13.3. The molecule has 0 saturated carbocycles. The summed E-state index contributed by atoms with van der Waals surface area (Å²) in [5.41, 5.74) is -0.968. The lowest BCUT2D eigenvalue weighted by Gasteiger charge is -2.21. The number of aliphatic hydroxyl groups is 1. The molecule has 1 unspecified atom stereocenters. The zero-order chi connectivity index (χ0) is 10.2. The minimum absolute atomic E-state index is 0.358. The fourth-order valence-electron chi connectivity index (χ4n) is 1.67. The van der Waals surface area contributed by atoms with E-state index >= 15 is 0 Å². The molecular weight excluding hydrogens is 184 g/mol. The predicted octanol–water partition coefficient (Wildman–Crippen LogP) is -0.739. The summed E-state index contributed by atoms with van der Waals surface area (Å²) in [5, 5.41) is 22.3. The van der Waals surface area contributed by atoms with E-state index in [9.17, 15) is 15.0 Å². The molecule has 1 aromatic rings. The van der Waals surface area contributed by atoms with Gasteiger partial charge in [-0.3, -0.25) is 4.79 Å². The molecule has 1 aromatic heterocycles. The van der Waals surface area contributed by atoms with Crippen LogP contribution >= 0.6 is 0 Å². The summed E-state index contributed by atoms with van der Waals surface area (Å²) < 4.78 is 0. The van der Waals surface area contributed by atoms with E-state index < -0.39 is 11.2 Å². The van der Waals surface area contributed by atoms with Crippen LogP contribution in [0, 0.1) is 0 Å². The third kappa shape index (κ3) is 1.40. The molecule has 5 nitrogen and oxygen atoms in total. The first-order valence-corrected chi connectivity index (χ1v) is 4.47. The van der Waals surface area contributed by atoms with E-state index in [2.05, 4.69) is 10.3 Å². The quantitative estimate of drug-likeness (QED) is 0.476. The number of hydrogen-bond donors (Lipinski definition) is 4. The molecule has 1 aliphatic heterocycles. The van der Waals surface area contributed by atoms with Gasteiger partial charge in [0.1, 0.15) is 5.60 Å². The summed E-state index contributed by atoms with van der Waals surface area (Å²) in [6.07, 6.45) is 2.02. The molecule has 0 aliphatic carbocycles. The molecule has 0 aromatic carbocycles. The van der Waals surface area contributed by atoms with E-state index in [1.54, 1.807) is 0 Å². The second kappa shape index (κ2) is 3.11. The number of aromatic amines is 1. The molecule has 1 atom stereocenters. The number of β-amino-alcohol motifs (C(OH)–C–C–N with tert-alkyl or cyclic N) is 1. The molecule has 1 saturated heterocycles. The Morgan fingerprint density at radius 3 is 2.86 bits per heavy atom. The van der Waals surface area contributed by atoms with Crippen LogP contribution in [0.5, 0.6) is 5.75 Å². The van der Waals surface area contributed by atoms with Gasteiger partial charge < -0.3 is 20.5 Å². The standard InChI is InChI=1S/C9H12N2O3/c12-7-3-6(4-11-8(7)13)9(14)1-2-10-5-9/h3-4,10,12,14H,1-2,5H2,(H,11,13). The Kier molecular flexibility index (Phi) is 2.05. The van der Waals surface area contributed by atoms with Crippen LogP contribution in [0.25, 0.3) is 0 Å². The Labute approximate surface area is 80.4 Å². The van der Waals surface area contributed by atoms with Crippen molar-refractivity contribution in [1.82, 2.24) is 10.3 Å². The van der Waals surface area contributed by atoms with E-state index in [0.29, 0.717) is 18.5 Å². The van der Waals surface area contributed by atoms with Crippen LogP contribution in [-0.4, -0.2) is 28.3 Å². The Bertz CT molecular complexity index is 393. The van der Waals surface area contributed by atoms with Crippen LogP contribution in [0.3, 0.4) is 0 Å². The molecule has 4 N–H and O–H groups in total. The van der Waals surface area contributed by atoms with Crippen molar-refractivity contribution < 1.29 is 10.2 Å². The van der Waals surface area contributed by atoms with Gasteiger partial charge in [-0.2, -0.15) is 0 Å². The van der Waals surface area contributed by atoms with Crippen molar-refractivity contribution in [3.05, 3.63) is 28.2 Å². The van der Waals surface area contributed by atoms with Crippen LogP contribution in [0.4, 0.5) is 0 Å². The molecule has 1 fully saturated rings. The zero-order valence-electron chi connectivity index (χ0n) is 7.58. The Morgan fingerprint density at radius 2 is 2.29 bits per heavy atom. The monoisotopic (exact) mass is 196 g/mol. The van der Waals surface area contributed by atoms with Crippen molar-refractivity contribution in [3.63, 3.8) is 0 Å². The number of pyridine rings is 1. The molecule has 0 amide bonds. The summed E-state index contributed by atoms with van der Waals surface area (Å²) in [5.74, 6) is -0.358. The van der Waals surface area contributed by atoms with E-state index in [-0.39, 0.29) is 5.75 Å². The van der Waals surface area contributed by atoms with Crippen LogP contribution < -0.4 is 10.9 Å². The first kappa shape index (κ1) is 9.23. The van der Waals surface area contributed by atoms with Crippen LogP contribution in [0.1, 0.15) is 12.0 Å². The first-order valence-electron chi connectivity index (χ1n) is 4.47. The SMILES string of the molecule is O=c1[nH]cc(C2(O)CCNC2)cc1O. The highest BCUT2D eigenvalue weighted by molar-refractivity contribution is 5.28.